The van der Waals surface area contributed by atoms with Crippen LogP contribution in [-0.2, 0) is 0 Å². The van der Waals surface area contributed by atoms with Crippen LogP contribution in [0.5, 0.6) is 0 Å². The molecule has 23 heavy (non-hydrogen) atoms. The normalized spacial score (nSPS) is 22.3. The molecule has 116 valence electrons. The number of halogens is 1. The monoisotopic (exact) mass is 364 g/mol. The number of rotatable bonds is 3. The topological polar surface area (TPSA) is 0 Å². The van der Waals surface area contributed by atoms with E-state index in [4.69, 9.17) is 0 Å². The van der Waals surface area contributed by atoms with Crippen LogP contribution in [0, 0.1) is 5.92 Å². The SMILES string of the molecule is CC1=C(CCC2C=CC=C2)C2=Cc3cc(Br)ccc3C(C)C2=C1. The smallest absolute Gasteiger partial charge is 0.0181 e. The van der Waals surface area contributed by atoms with Gasteiger partial charge in [-0.3, -0.25) is 0 Å². The highest BCUT2D eigenvalue weighted by molar-refractivity contribution is 9.10. The molecule has 1 heteroatoms. The van der Waals surface area contributed by atoms with Gasteiger partial charge >= 0.3 is 0 Å². The second-order valence-electron chi connectivity index (χ2n) is 6.79. The van der Waals surface area contributed by atoms with Gasteiger partial charge in [0.1, 0.15) is 0 Å². The molecule has 0 amide bonds. The summed E-state index contributed by atoms with van der Waals surface area (Å²) in [5.41, 5.74) is 8.80. The fourth-order valence-corrected chi connectivity index (χ4v) is 4.39. The average Bonchev–Trinajstić information content (AvgIpc) is 3.13. The summed E-state index contributed by atoms with van der Waals surface area (Å²) in [6.45, 7) is 4.61. The van der Waals surface area contributed by atoms with Gasteiger partial charge in [-0.25, -0.2) is 0 Å². The van der Waals surface area contributed by atoms with Crippen LogP contribution in [0.2, 0.25) is 0 Å². The summed E-state index contributed by atoms with van der Waals surface area (Å²) in [5, 5.41) is 0. The van der Waals surface area contributed by atoms with Crippen LogP contribution in [0.1, 0.15) is 43.7 Å². The summed E-state index contributed by atoms with van der Waals surface area (Å²) in [5.74, 6) is 1.10. The minimum atomic E-state index is 0.483. The third kappa shape index (κ3) is 2.61. The van der Waals surface area contributed by atoms with E-state index in [-0.39, 0.29) is 0 Å². The predicted molar refractivity (Wildman–Crippen MR) is 102 cm³/mol. The van der Waals surface area contributed by atoms with Gasteiger partial charge in [-0.05, 0) is 77.3 Å². The van der Waals surface area contributed by atoms with Gasteiger partial charge in [0, 0.05) is 10.4 Å². The Hall–Kier alpha value is -1.60. The zero-order valence-electron chi connectivity index (χ0n) is 13.6. The molecule has 3 aliphatic rings. The Bertz CT molecular complexity index is 802. The zero-order valence-corrected chi connectivity index (χ0v) is 15.2. The van der Waals surface area contributed by atoms with Crippen LogP contribution in [0.3, 0.4) is 0 Å². The van der Waals surface area contributed by atoms with E-state index in [1.807, 2.05) is 0 Å². The first-order valence-corrected chi connectivity index (χ1v) is 9.21. The molecule has 0 fully saturated rings. The first-order valence-electron chi connectivity index (χ1n) is 8.41. The van der Waals surface area contributed by atoms with E-state index in [2.05, 4.69) is 84.4 Å². The van der Waals surface area contributed by atoms with E-state index >= 15 is 0 Å². The molecule has 0 spiro atoms. The van der Waals surface area contributed by atoms with Crippen molar-refractivity contribution in [3.63, 3.8) is 0 Å². The van der Waals surface area contributed by atoms with Crippen LogP contribution in [0.25, 0.3) is 6.08 Å². The summed E-state index contributed by atoms with van der Waals surface area (Å²) in [7, 11) is 0. The molecule has 0 aliphatic heterocycles. The lowest BCUT2D eigenvalue weighted by molar-refractivity contribution is 0.712. The third-order valence-corrected chi connectivity index (χ3v) is 5.81. The van der Waals surface area contributed by atoms with E-state index in [9.17, 15) is 0 Å². The molecule has 4 rings (SSSR count). The molecule has 0 saturated carbocycles. The molecular formula is C22H21Br. The van der Waals surface area contributed by atoms with Crippen molar-refractivity contribution >= 4 is 22.0 Å². The summed E-state index contributed by atoms with van der Waals surface area (Å²) in [6.07, 6.45) is 16.1. The van der Waals surface area contributed by atoms with Gasteiger partial charge in [0.2, 0.25) is 0 Å². The summed E-state index contributed by atoms with van der Waals surface area (Å²) in [6, 6.07) is 6.67. The Morgan fingerprint density at radius 3 is 2.65 bits per heavy atom. The fraction of sp³-hybridized carbons (Fsp3) is 0.273. The van der Waals surface area contributed by atoms with Crippen molar-refractivity contribution < 1.29 is 0 Å². The van der Waals surface area contributed by atoms with E-state index in [1.165, 1.54) is 34.3 Å². The molecule has 1 atom stereocenters. The van der Waals surface area contributed by atoms with E-state index in [1.54, 1.807) is 5.57 Å². The number of hydrogen-bond donors (Lipinski definition) is 0. The molecular weight excluding hydrogens is 344 g/mol. The van der Waals surface area contributed by atoms with Crippen molar-refractivity contribution in [1.82, 2.24) is 0 Å². The van der Waals surface area contributed by atoms with Crippen LogP contribution < -0.4 is 0 Å². The largest absolute Gasteiger partial charge is 0.0776 e. The van der Waals surface area contributed by atoms with Crippen molar-refractivity contribution in [2.24, 2.45) is 5.92 Å². The summed E-state index contributed by atoms with van der Waals surface area (Å²) >= 11 is 3.61. The number of fused-ring (bicyclic) bond motifs is 2. The lowest BCUT2D eigenvalue weighted by Gasteiger charge is -2.25. The molecule has 0 nitrogen and oxygen atoms in total. The van der Waals surface area contributed by atoms with Crippen LogP contribution in [0.4, 0.5) is 0 Å². The summed E-state index contributed by atoms with van der Waals surface area (Å²) in [4.78, 5) is 0. The van der Waals surface area contributed by atoms with Gasteiger partial charge in [-0.15, -0.1) is 0 Å². The molecule has 1 unspecified atom stereocenters. The van der Waals surface area contributed by atoms with Crippen LogP contribution in [-0.4, -0.2) is 0 Å². The van der Waals surface area contributed by atoms with Gasteiger partial charge in [-0.2, -0.15) is 0 Å². The molecule has 0 N–H and O–H groups in total. The maximum Gasteiger partial charge on any atom is 0.0181 e. The summed E-state index contributed by atoms with van der Waals surface area (Å²) < 4.78 is 1.16. The van der Waals surface area contributed by atoms with E-state index < -0.39 is 0 Å². The lowest BCUT2D eigenvalue weighted by Crippen LogP contribution is -2.08. The van der Waals surface area contributed by atoms with Crippen molar-refractivity contribution in [3.05, 3.63) is 86.5 Å². The lowest BCUT2D eigenvalue weighted by atomic mass is 9.79. The average molecular weight is 365 g/mol. The molecule has 0 heterocycles. The van der Waals surface area contributed by atoms with Crippen molar-refractivity contribution in [1.29, 1.82) is 0 Å². The second kappa shape index (κ2) is 5.79. The predicted octanol–water partition coefficient (Wildman–Crippen LogP) is 6.73. The molecule has 0 bridgehead atoms. The Labute approximate surface area is 147 Å². The maximum absolute atomic E-state index is 3.61. The standard InChI is InChI=1S/C22H21Br/c1-14-11-21-15(2)20-10-8-18(23)12-17(20)13-22(21)19(14)9-7-16-5-3-4-6-16/h3-6,8,10-13,15-16H,7,9H2,1-2H3. The molecule has 0 aromatic heterocycles. The van der Waals surface area contributed by atoms with Crippen molar-refractivity contribution in [3.8, 4) is 0 Å². The highest BCUT2D eigenvalue weighted by Crippen LogP contribution is 2.47. The van der Waals surface area contributed by atoms with Crippen LogP contribution >= 0.6 is 15.9 Å². The highest BCUT2D eigenvalue weighted by Gasteiger charge is 2.29. The first-order chi connectivity index (χ1) is 11.1. The second-order valence-corrected chi connectivity index (χ2v) is 7.70. The van der Waals surface area contributed by atoms with Gasteiger partial charge in [0.05, 0.1) is 0 Å². The Kier molecular flexibility index (Phi) is 3.77. The third-order valence-electron chi connectivity index (χ3n) is 5.32. The zero-order chi connectivity index (χ0) is 16.0. The fourth-order valence-electron chi connectivity index (χ4n) is 4.01. The van der Waals surface area contributed by atoms with Gasteiger partial charge in [-0.1, -0.05) is 59.3 Å². The number of benzene rings is 1. The Morgan fingerprint density at radius 2 is 1.87 bits per heavy atom. The highest BCUT2D eigenvalue weighted by atomic mass is 79.9. The molecule has 0 saturated heterocycles. The van der Waals surface area contributed by atoms with Crippen molar-refractivity contribution in [2.75, 3.05) is 0 Å². The number of allylic oxidation sites excluding steroid dienone is 9. The molecule has 1 aromatic rings. The Balaban J connectivity index is 1.67. The Morgan fingerprint density at radius 1 is 1.09 bits per heavy atom. The van der Waals surface area contributed by atoms with E-state index in [0.717, 1.165) is 10.9 Å². The minimum Gasteiger partial charge on any atom is -0.0776 e. The van der Waals surface area contributed by atoms with Gasteiger partial charge in [0.15, 0.2) is 0 Å². The molecule has 1 aromatic carbocycles. The van der Waals surface area contributed by atoms with E-state index in [0.29, 0.717) is 11.8 Å². The van der Waals surface area contributed by atoms with Gasteiger partial charge in [0.25, 0.3) is 0 Å². The van der Waals surface area contributed by atoms with Gasteiger partial charge < -0.3 is 0 Å². The first kappa shape index (κ1) is 15.0. The van der Waals surface area contributed by atoms with Crippen LogP contribution in [0.15, 0.2) is 75.3 Å². The maximum atomic E-state index is 3.61. The van der Waals surface area contributed by atoms with Crippen molar-refractivity contribution in [2.45, 2.75) is 32.6 Å². The molecule has 0 radical (unpaired) electrons. The minimum absolute atomic E-state index is 0.483. The molecule has 3 aliphatic carbocycles. The number of hydrogen-bond acceptors (Lipinski definition) is 0. The quantitative estimate of drug-likeness (QED) is 0.557.